The van der Waals surface area contributed by atoms with E-state index in [4.69, 9.17) is 0 Å². The maximum atomic E-state index is 3.17. The number of rotatable bonds is 5. The lowest BCUT2D eigenvalue weighted by atomic mass is 10.1. The summed E-state index contributed by atoms with van der Waals surface area (Å²) in [7, 11) is 5.87. The van der Waals surface area contributed by atoms with E-state index in [0.717, 1.165) is 13.1 Å². The van der Waals surface area contributed by atoms with E-state index in [2.05, 4.69) is 34.1 Å². The fourth-order valence-corrected chi connectivity index (χ4v) is 1.52. The van der Waals surface area contributed by atoms with Crippen molar-refractivity contribution in [3.05, 3.63) is 29.3 Å². The van der Waals surface area contributed by atoms with Gasteiger partial charge in [0, 0.05) is 25.8 Å². The maximum Gasteiger partial charge on any atom is 0.0344 e. The van der Waals surface area contributed by atoms with Crippen LogP contribution in [0.25, 0.3) is 0 Å². The van der Waals surface area contributed by atoms with Crippen LogP contribution in [0, 0.1) is 0 Å². The van der Waals surface area contributed by atoms with Gasteiger partial charge < -0.3 is 16.0 Å². The van der Waals surface area contributed by atoms with Gasteiger partial charge in [-0.1, -0.05) is 6.07 Å². The van der Waals surface area contributed by atoms with Crippen molar-refractivity contribution in [1.29, 1.82) is 0 Å². The fourth-order valence-electron chi connectivity index (χ4n) is 1.52. The standard InChI is InChI=1S/C11H19N3/c1-12-7-9-4-10(8-13-2)6-11(5-9)14-3/h4-6,12-14H,7-8H2,1-3H3. The van der Waals surface area contributed by atoms with Crippen molar-refractivity contribution < 1.29 is 0 Å². The van der Waals surface area contributed by atoms with Crippen LogP contribution < -0.4 is 16.0 Å². The summed E-state index contributed by atoms with van der Waals surface area (Å²) in [6.07, 6.45) is 0. The molecular weight excluding hydrogens is 174 g/mol. The largest absolute Gasteiger partial charge is 0.388 e. The number of hydrogen-bond acceptors (Lipinski definition) is 3. The van der Waals surface area contributed by atoms with Crippen LogP contribution >= 0.6 is 0 Å². The molecule has 3 heteroatoms. The minimum atomic E-state index is 0.909. The molecule has 0 fully saturated rings. The van der Waals surface area contributed by atoms with Gasteiger partial charge in [-0.15, -0.1) is 0 Å². The van der Waals surface area contributed by atoms with Gasteiger partial charge in [0.25, 0.3) is 0 Å². The molecule has 1 aromatic carbocycles. The van der Waals surface area contributed by atoms with E-state index >= 15 is 0 Å². The first kappa shape index (κ1) is 11.0. The highest BCUT2D eigenvalue weighted by molar-refractivity contribution is 5.48. The Kier molecular flexibility index (Phi) is 4.43. The minimum Gasteiger partial charge on any atom is -0.388 e. The van der Waals surface area contributed by atoms with Crippen molar-refractivity contribution in [2.75, 3.05) is 26.5 Å². The normalized spacial score (nSPS) is 10.2. The molecule has 0 aromatic heterocycles. The molecule has 3 nitrogen and oxygen atoms in total. The average molecular weight is 193 g/mol. The second kappa shape index (κ2) is 5.62. The third-order valence-electron chi connectivity index (χ3n) is 2.10. The smallest absolute Gasteiger partial charge is 0.0344 e. The molecule has 0 unspecified atom stereocenters. The maximum absolute atomic E-state index is 3.17. The molecule has 1 aromatic rings. The van der Waals surface area contributed by atoms with Gasteiger partial charge in [0.05, 0.1) is 0 Å². The quantitative estimate of drug-likeness (QED) is 0.657. The molecule has 0 aliphatic heterocycles. The number of hydrogen-bond donors (Lipinski definition) is 3. The summed E-state index contributed by atoms with van der Waals surface area (Å²) in [5, 5.41) is 9.48. The summed E-state index contributed by atoms with van der Waals surface area (Å²) in [5.41, 5.74) is 3.79. The lowest BCUT2D eigenvalue weighted by Crippen LogP contribution is -2.09. The third kappa shape index (κ3) is 3.01. The Balaban J connectivity index is 2.88. The Morgan fingerprint density at radius 1 is 0.857 bits per heavy atom. The van der Waals surface area contributed by atoms with Crippen molar-refractivity contribution >= 4 is 5.69 Å². The van der Waals surface area contributed by atoms with Gasteiger partial charge >= 0.3 is 0 Å². The van der Waals surface area contributed by atoms with Gasteiger partial charge in [0.2, 0.25) is 0 Å². The highest BCUT2D eigenvalue weighted by Gasteiger charge is 1.98. The minimum absolute atomic E-state index is 0.909. The predicted octanol–water partition coefficient (Wildman–Crippen LogP) is 1.17. The summed E-state index contributed by atoms with van der Waals surface area (Å²) >= 11 is 0. The topological polar surface area (TPSA) is 36.1 Å². The second-order valence-electron chi connectivity index (χ2n) is 3.35. The summed E-state index contributed by atoms with van der Waals surface area (Å²) < 4.78 is 0. The summed E-state index contributed by atoms with van der Waals surface area (Å²) in [6.45, 7) is 1.82. The predicted molar refractivity (Wildman–Crippen MR) is 61.5 cm³/mol. The Hall–Kier alpha value is -1.06. The van der Waals surface area contributed by atoms with Gasteiger partial charge in [-0.3, -0.25) is 0 Å². The molecule has 78 valence electrons. The molecule has 0 aliphatic carbocycles. The van der Waals surface area contributed by atoms with Crippen LogP contribution in [0.15, 0.2) is 18.2 Å². The zero-order valence-electron chi connectivity index (χ0n) is 9.15. The Morgan fingerprint density at radius 2 is 1.36 bits per heavy atom. The highest BCUT2D eigenvalue weighted by atomic mass is 14.8. The van der Waals surface area contributed by atoms with Crippen LogP contribution in [0.4, 0.5) is 5.69 Å². The first-order valence-corrected chi connectivity index (χ1v) is 4.90. The summed E-state index contributed by atoms with van der Waals surface area (Å²) in [4.78, 5) is 0. The van der Waals surface area contributed by atoms with Crippen LogP contribution in [-0.2, 0) is 13.1 Å². The first-order valence-electron chi connectivity index (χ1n) is 4.90. The highest BCUT2D eigenvalue weighted by Crippen LogP contribution is 2.14. The van der Waals surface area contributed by atoms with Crippen molar-refractivity contribution in [2.24, 2.45) is 0 Å². The van der Waals surface area contributed by atoms with Crippen molar-refractivity contribution in [2.45, 2.75) is 13.1 Å². The molecule has 0 amide bonds. The van der Waals surface area contributed by atoms with E-state index < -0.39 is 0 Å². The molecular formula is C11H19N3. The molecule has 3 N–H and O–H groups in total. The van der Waals surface area contributed by atoms with E-state index in [-0.39, 0.29) is 0 Å². The average Bonchev–Trinajstić information content (AvgIpc) is 2.18. The summed E-state index contributed by atoms with van der Waals surface area (Å²) in [5.74, 6) is 0. The van der Waals surface area contributed by atoms with Gasteiger partial charge in [-0.25, -0.2) is 0 Å². The van der Waals surface area contributed by atoms with Gasteiger partial charge in [-0.05, 0) is 37.4 Å². The lowest BCUT2D eigenvalue weighted by Gasteiger charge is -2.09. The lowest BCUT2D eigenvalue weighted by molar-refractivity contribution is 0.797. The van der Waals surface area contributed by atoms with Crippen LogP contribution in [0.1, 0.15) is 11.1 Å². The molecule has 0 atom stereocenters. The molecule has 0 saturated heterocycles. The molecule has 0 saturated carbocycles. The number of nitrogens with one attached hydrogen (secondary N) is 3. The monoisotopic (exact) mass is 193 g/mol. The third-order valence-corrected chi connectivity index (χ3v) is 2.10. The van der Waals surface area contributed by atoms with Gasteiger partial charge in [0.15, 0.2) is 0 Å². The molecule has 14 heavy (non-hydrogen) atoms. The van der Waals surface area contributed by atoms with Gasteiger partial charge in [-0.2, -0.15) is 0 Å². The van der Waals surface area contributed by atoms with Crippen molar-refractivity contribution in [3.8, 4) is 0 Å². The van der Waals surface area contributed by atoms with E-state index in [1.165, 1.54) is 16.8 Å². The molecule has 0 aliphatic rings. The Morgan fingerprint density at radius 3 is 1.71 bits per heavy atom. The fraction of sp³-hybridized carbons (Fsp3) is 0.455. The molecule has 1 rings (SSSR count). The summed E-state index contributed by atoms with van der Waals surface area (Å²) in [6, 6.07) is 6.54. The molecule has 0 bridgehead atoms. The first-order chi connectivity index (χ1) is 6.80. The van der Waals surface area contributed by atoms with Crippen molar-refractivity contribution in [3.63, 3.8) is 0 Å². The SMILES string of the molecule is CNCc1cc(CNC)cc(NC)c1. The van der Waals surface area contributed by atoms with E-state index in [0.29, 0.717) is 0 Å². The van der Waals surface area contributed by atoms with Gasteiger partial charge in [0.1, 0.15) is 0 Å². The van der Waals surface area contributed by atoms with E-state index in [1.54, 1.807) is 0 Å². The van der Waals surface area contributed by atoms with Crippen LogP contribution in [0.3, 0.4) is 0 Å². The second-order valence-corrected chi connectivity index (χ2v) is 3.35. The molecule has 0 spiro atoms. The Bertz CT molecular complexity index is 260. The number of benzene rings is 1. The van der Waals surface area contributed by atoms with E-state index in [9.17, 15) is 0 Å². The number of anilines is 1. The molecule has 0 radical (unpaired) electrons. The molecule has 0 heterocycles. The van der Waals surface area contributed by atoms with Crippen molar-refractivity contribution in [1.82, 2.24) is 10.6 Å². The van der Waals surface area contributed by atoms with Crippen LogP contribution in [0.5, 0.6) is 0 Å². The van der Waals surface area contributed by atoms with Crippen LogP contribution in [0.2, 0.25) is 0 Å². The van der Waals surface area contributed by atoms with E-state index in [1.807, 2.05) is 21.1 Å². The Labute approximate surface area is 85.9 Å². The zero-order valence-corrected chi connectivity index (χ0v) is 9.15. The zero-order chi connectivity index (χ0) is 10.4. The van der Waals surface area contributed by atoms with Crippen LogP contribution in [-0.4, -0.2) is 21.1 Å².